The number of nitrogens with two attached hydrogens (primary N) is 1. The van der Waals surface area contributed by atoms with Crippen LogP contribution in [-0.4, -0.2) is 13.7 Å². The SMILES string of the molecule is COc1ccc(CCCNc2ccc(F)cc2F)cc1N. The van der Waals surface area contributed by atoms with Crippen molar-refractivity contribution < 1.29 is 13.5 Å². The van der Waals surface area contributed by atoms with Crippen LogP contribution in [0, 0.1) is 11.6 Å². The number of benzene rings is 2. The molecule has 21 heavy (non-hydrogen) atoms. The third kappa shape index (κ3) is 4.08. The molecule has 0 unspecified atom stereocenters. The molecule has 0 saturated heterocycles. The number of ether oxygens (including phenoxy) is 1. The monoisotopic (exact) mass is 292 g/mol. The number of hydrogen-bond acceptors (Lipinski definition) is 3. The molecule has 2 aromatic rings. The highest BCUT2D eigenvalue weighted by Crippen LogP contribution is 2.22. The van der Waals surface area contributed by atoms with Gasteiger partial charge in [-0.15, -0.1) is 0 Å². The van der Waals surface area contributed by atoms with E-state index in [4.69, 9.17) is 10.5 Å². The lowest BCUT2D eigenvalue weighted by Crippen LogP contribution is -2.05. The summed E-state index contributed by atoms with van der Waals surface area (Å²) >= 11 is 0. The Hall–Kier alpha value is -2.30. The van der Waals surface area contributed by atoms with Gasteiger partial charge in [0.15, 0.2) is 0 Å². The van der Waals surface area contributed by atoms with Crippen LogP contribution in [0.1, 0.15) is 12.0 Å². The van der Waals surface area contributed by atoms with Gasteiger partial charge in [0, 0.05) is 12.6 Å². The highest BCUT2D eigenvalue weighted by molar-refractivity contribution is 5.54. The molecule has 0 fully saturated rings. The van der Waals surface area contributed by atoms with Crippen molar-refractivity contribution in [3.8, 4) is 5.75 Å². The summed E-state index contributed by atoms with van der Waals surface area (Å²) in [7, 11) is 1.58. The number of halogens is 2. The molecule has 0 aromatic heterocycles. The molecule has 3 nitrogen and oxygen atoms in total. The summed E-state index contributed by atoms with van der Waals surface area (Å²) in [6, 6.07) is 9.15. The molecule has 5 heteroatoms. The molecule has 0 heterocycles. The maximum atomic E-state index is 13.4. The van der Waals surface area contributed by atoms with Crippen LogP contribution in [0.5, 0.6) is 5.75 Å². The normalized spacial score (nSPS) is 10.4. The van der Waals surface area contributed by atoms with E-state index in [1.54, 1.807) is 7.11 Å². The second kappa shape index (κ2) is 6.92. The summed E-state index contributed by atoms with van der Waals surface area (Å²) in [4.78, 5) is 0. The minimum absolute atomic E-state index is 0.311. The maximum absolute atomic E-state index is 13.4. The van der Waals surface area contributed by atoms with E-state index in [-0.39, 0.29) is 0 Å². The van der Waals surface area contributed by atoms with E-state index in [0.29, 0.717) is 23.7 Å². The zero-order valence-electron chi connectivity index (χ0n) is 11.8. The first-order chi connectivity index (χ1) is 10.1. The Labute approximate surface area is 122 Å². The molecule has 3 N–H and O–H groups in total. The minimum Gasteiger partial charge on any atom is -0.495 e. The lowest BCUT2D eigenvalue weighted by atomic mass is 10.1. The van der Waals surface area contributed by atoms with Crippen LogP contribution in [0.25, 0.3) is 0 Å². The first-order valence-corrected chi connectivity index (χ1v) is 6.71. The van der Waals surface area contributed by atoms with Crippen LogP contribution in [0.4, 0.5) is 20.2 Å². The summed E-state index contributed by atoms with van der Waals surface area (Å²) in [5.74, 6) is -0.499. The highest BCUT2D eigenvalue weighted by Gasteiger charge is 2.03. The van der Waals surface area contributed by atoms with Crippen molar-refractivity contribution in [3.63, 3.8) is 0 Å². The van der Waals surface area contributed by atoms with Crippen molar-refractivity contribution in [1.82, 2.24) is 0 Å². The van der Waals surface area contributed by atoms with Gasteiger partial charge in [0.05, 0.1) is 18.5 Å². The van der Waals surface area contributed by atoms with Crippen molar-refractivity contribution in [2.45, 2.75) is 12.8 Å². The first kappa shape index (κ1) is 15.1. The Bertz CT molecular complexity index is 617. The zero-order valence-corrected chi connectivity index (χ0v) is 11.8. The van der Waals surface area contributed by atoms with E-state index < -0.39 is 11.6 Å². The smallest absolute Gasteiger partial charge is 0.149 e. The maximum Gasteiger partial charge on any atom is 0.149 e. The van der Waals surface area contributed by atoms with Gasteiger partial charge in [0.25, 0.3) is 0 Å². The molecule has 2 aromatic carbocycles. The Morgan fingerprint density at radius 2 is 1.95 bits per heavy atom. The van der Waals surface area contributed by atoms with Crippen molar-refractivity contribution in [3.05, 3.63) is 53.6 Å². The fourth-order valence-electron chi connectivity index (χ4n) is 2.09. The average Bonchev–Trinajstić information content (AvgIpc) is 2.45. The number of rotatable bonds is 6. The quantitative estimate of drug-likeness (QED) is 0.631. The molecule has 0 aliphatic rings. The fraction of sp³-hybridized carbons (Fsp3) is 0.250. The first-order valence-electron chi connectivity index (χ1n) is 6.71. The van der Waals surface area contributed by atoms with E-state index in [0.717, 1.165) is 24.5 Å². The minimum atomic E-state index is -0.580. The fourth-order valence-corrected chi connectivity index (χ4v) is 2.09. The summed E-state index contributed by atoms with van der Waals surface area (Å²) in [6.07, 6.45) is 1.62. The van der Waals surface area contributed by atoms with E-state index in [9.17, 15) is 8.78 Å². The second-order valence-corrected chi connectivity index (χ2v) is 4.73. The van der Waals surface area contributed by atoms with Crippen LogP contribution in [0.3, 0.4) is 0 Å². The molecular weight excluding hydrogens is 274 g/mol. The number of aryl methyl sites for hydroxylation is 1. The van der Waals surface area contributed by atoms with E-state index in [1.165, 1.54) is 12.1 Å². The largest absolute Gasteiger partial charge is 0.495 e. The van der Waals surface area contributed by atoms with E-state index in [1.807, 2.05) is 18.2 Å². The Balaban J connectivity index is 1.83. The highest BCUT2D eigenvalue weighted by atomic mass is 19.1. The molecule has 0 aliphatic carbocycles. The van der Waals surface area contributed by atoms with Gasteiger partial charge in [0.2, 0.25) is 0 Å². The molecule has 112 valence electrons. The van der Waals surface area contributed by atoms with Crippen LogP contribution in [-0.2, 0) is 6.42 Å². The Morgan fingerprint density at radius 1 is 1.14 bits per heavy atom. The number of anilines is 2. The summed E-state index contributed by atoms with van der Waals surface area (Å²) in [5.41, 5.74) is 7.84. The summed E-state index contributed by atoms with van der Waals surface area (Å²) in [5, 5.41) is 2.95. The van der Waals surface area contributed by atoms with Crippen molar-refractivity contribution in [2.24, 2.45) is 0 Å². The van der Waals surface area contributed by atoms with Gasteiger partial charge in [0.1, 0.15) is 17.4 Å². The molecule has 0 saturated carbocycles. The molecule has 0 radical (unpaired) electrons. The van der Waals surface area contributed by atoms with E-state index in [2.05, 4.69) is 5.32 Å². The Kier molecular flexibility index (Phi) is 4.98. The molecule has 0 bridgehead atoms. The van der Waals surface area contributed by atoms with Crippen LogP contribution in [0.15, 0.2) is 36.4 Å². The van der Waals surface area contributed by atoms with E-state index >= 15 is 0 Å². The average molecular weight is 292 g/mol. The number of hydrogen-bond donors (Lipinski definition) is 2. The number of methoxy groups -OCH3 is 1. The number of nitrogens with one attached hydrogen (secondary N) is 1. The zero-order chi connectivity index (χ0) is 15.2. The van der Waals surface area contributed by atoms with Gasteiger partial charge in [-0.2, -0.15) is 0 Å². The molecule has 0 amide bonds. The number of nitrogen functional groups attached to an aromatic ring is 1. The summed E-state index contributed by atoms with van der Waals surface area (Å²) in [6.45, 7) is 0.592. The topological polar surface area (TPSA) is 47.3 Å². The van der Waals surface area contributed by atoms with Gasteiger partial charge >= 0.3 is 0 Å². The molecule has 0 aliphatic heterocycles. The van der Waals surface area contributed by atoms with Crippen molar-refractivity contribution >= 4 is 11.4 Å². The third-order valence-electron chi connectivity index (χ3n) is 3.18. The van der Waals surface area contributed by atoms with Gasteiger partial charge in [-0.1, -0.05) is 6.07 Å². The van der Waals surface area contributed by atoms with Crippen LogP contribution in [0.2, 0.25) is 0 Å². The predicted octanol–water partition coefficient (Wildman–Crippen LogP) is 3.60. The van der Waals surface area contributed by atoms with Crippen LogP contribution < -0.4 is 15.8 Å². The standard InChI is InChI=1S/C16H18F2N2O/c1-21-16-7-4-11(9-14(16)19)3-2-8-20-15-6-5-12(17)10-13(15)18/h4-7,9-10,20H,2-3,8,19H2,1H3. The van der Waals surface area contributed by atoms with Gasteiger partial charge in [-0.25, -0.2) is 8.78 Å². The molecule has 0 atom stereocenters. The molecular formula is C16H18F2N2O. The second-order valence-electron chi connectivity index (χ2n) is 4.73. The lowest BCUT2D eigenvalue weighted by molar-refractivity contribution is 0.417. The lowest BCUT2D eigenvalue weighted by Gasteiger charge is -2.09. The molecule has 0 spiro atoms. The van der Waals surface area contributed by atoms with Gasteiger partial charge in [-0.05, 0) is 42.7 Å². The van der Waals surface area contributed by atoms with Crippen LogP contribution >= 0.6 is 0 Å². The van der Waals surface area contributed by atoms with Gasteiger partial charge in [-0.3, -0.25) is 0 Å². The van der Waals surface area contributed by atoms with Crippen molar-refractivity contribution in [1.29, 1.82) is 0 Å². The third-order valence-corrected chi connectivity index (χ3v) is 3.18. The van der Waals surface area contributed by atoms with Crippen molar-refractivity contribution in [2.75, 3.05) is 24.7 Å². The Morgan fingerprint density at radius 3 is 2.62 bits per heavy atom. The predicted molar refractivity (Wildman–Crippen MR) is 80.6 cm³/mol. The van der Waals surface area contributed by atoms with Gasteiger partial charge < -0.3 is 15.8 Å². The summed E-state index contributed by atoms with van der Waals surface area (Å²) < 4.78 is 31.3. The molecule has 2 rings (SSSR count).